The van der Waals surface area contributed by atoms with Gasteiger partial charge >= 0.3 is 0 Å². The first-order valence-electron chi connectivity index (χ1n) is 5.84. The molecule has 5 heteroatoms. The van der Waals surface area contributed by atoms with Gasteiger partial charge in [-0.3, -0.25) is 0 Å². The minimum Gasteiger partial charge on any atom is -0.496 e. The molecule has 0 amide bonds. The zero-order valence-corrected chi connectivity index (χ0v) is 10.7. The minimum absolute atomic E-state index is 0.203. The van der Waals surface area contributed by atoms with Crippen LogP contribution in [0, 0.1) is 0 Å². The molecular formula is C13H16N2O3. The van der Waals surface area contributed by atoms with Crippen LogP contribution in [0.5, 0.6) is 5.75 Å². The first kappa shape index (κ1) is 12.6. The number of aryl methyl sites for hydroxylation is 1. The maximum Gasteiger partial charge on any atom is 0.251 e. The molecule has 18 heavy (non-hydrogen) atoms. The van der Waals surface area contributed by atoms with E-state index in [1.54, 1.807) is 14.0 Å². The molecule has 1 aromatic heterocycles. The van der Waals surface area contributed by atoms with Gasteiger partial charge in [-0.2, -0.15) is 0 Å². The molecule has 0 aliphatic heterocycles. The molecule has 1 N–H and O–H groups in total. The van der Waals surface area contributed by atoms with Gasteiger partial charge in [0, 0.05) is 0 Å². The number of methoxy groups -OCH3 is 1. The Morgan fingerprint density at radius 1 is 1.39 bits per heavy atom. The Morgan fingerprint density at radius 2 is 2.17 bits per heavy atom. The molecule has 5 nitrogen and oxygen atoms in total. The number of aromatic nitrogens is 2. The van der Waals surface area contributed by atoms with Crippen LogP contribution in [0.2, 0.25) is 0 Å². The normalized spacial score (nSPS) is 12.4. The van der Waals surface area contributed by atoms with Crippen molar-refractivity contribution in [1.82, 2.24) is 10.2 Å². The lowest BCUT2D eigenvalue weighted by Crippen LogP contribution is -1.90. The Bertz CT molecular complexity index is 535. The molecule has 2 rings (SSSR count). The van der Waals surface area contributed by atoms with Crippen molar-refractivity contribution in [1.29, 1.82) is 0 Å². The third-order valence-electron chi connectivity index (χ3n) is 2.70. The van der Waals surface area contributed by atoms with E-state index in [-0.39, 0.29) is 5.89 Å². The number of nitrogens with zero attached hydrogens (tertiary/aromatic N) is 2. The fraction of sp³-hybridized carbons (Fsp3) is 0.385. The number of rotatable bonds is 4. The van der Waals surface area contributed by atoms with Crippen LogP contribution < -0.4 is 4.74 Å². The zero-order valence-electron chi connectivity index (χ0n) is 10.7. The second-order valence-electron chi connectivity index (χ2n) is 4.01. The molecule has 1 atom stereocenters. The van der Waals surface area contributed by atoms with Crippen molar-refractivity contribution in [2.45, 2.75) is 26.4 Å². The van der Waals surface area contributed by atoms with Crippen LogP contribution in [0.4, 0.5) is 0 Å². The summed E-state index contributed by atoms with van der Waals surface area (Å²) in [6, 6.07) is 5.83. The van der Waals surface area contributed by atoms with Crippen LogP contribution in [0.1, 0.15) is 31.4 Å². The Morgan fingerprint density at radius 3 is 2.72 bits per heavy atom. The van der Waals surface area contributed by atoms with Crippen LogP contribution in [0.25, 0.3) is 11.5 Å². The number of ether oxygens (including phenoxy) is 1. The maximum absolute atomic E-state index is 9.38. The van der Waals surface area contributed by atoms with Crippen molar-refractivity contribution >= 4 is 0 Å². The smallest absolute Gasteiger partial charge is 0.251 e. The Hall–Kier alpha value is -1.88. The quantitative estimate of drug-likeness (QED) is 0.899. The van der Waals surface area contributed by atoms with Crippen molar-refractivity contribution in [2.24, 2.45) is 0 Å². The van der Waals surface area contributed by atoms with Crippen LogP contribution in [0.15, 0.2) is 22.6 Å². The second-order valence-corrected chi connectivity index (χ2v) is 4.01. The SMILES string of the molecule is CCc1ccc(OC)c(-c2nnc(C(C)O)o2)c1. The molecule has 0 saturated carbocycles. The Balaban J connectivity index is 2.46. The third-order valence-corrected chi connectivity index (χ3v) is 2.70. The molecule has 1 aromatic carbocycles. The molecule has 0 spiro atoms. The van der Waals surface area contributed by atoms with Gasteiger partial charge in [-0.05, 0) is 31.0 Å². The topological polar surface area (TPSA) is 68.4 Å². The summed E-state index contributed by atoms with van der Waals surface area (Å²) in [7, 11) is 1.59. The van der Waals surface area contributed by atoms with Gasteiger partial charge in [-0.25, -0.2) is 0 Å². The third kappa shape index (κ3) is 2.36. The summed E-state index contributed by atoms with van der Waals surface area (Å²) in [6.45, 7) is 3.65. The predicted octanol–water partition coefficient (Wildman–Crippen LogP) is 2.36. The van der Waals surface area contributed by atoms with Crippen LogP contribution in [-0.2, 0) is 6.42 Å². The van der Waals surface area contributed by atoms with E-state index in [1.165, 1.54) is 0 Å². The van der Waals surface area contributed by atoms with E-state index in [4.69, 9.17) is 9.15 Å². The van der Waals surface area contributed by atoms with Gasteiger partial charge in [0.15, 0.2) is 0 Å². The van der Waals surface area contributed by atoms with Crippen LogP contribution >= 0.6 is 0 Å². The van der Waals surface area contributed by atoms with Crippen molar-refractivity contribution in [3.05, 3.63) is 29.7 Å². The van der Waals surface area contributed by atoms with Crippen molar-refractivity contribution in [2.75, 3.05) is 7.11 Å². The minimum atomic E-state index is -0.772. The summed E-state index contributed by atoms with van der Waals surface area (Å²) in [5, 5.41) is 17.1. The highest BCUT2D eigenvalue weighted by molar-refractivity contribution is 5.63. The highest BCUT2D eigenvalue weighted by Gasteiger charge is 2.16. The predicted molar refractivity (Wildman–Crippen MR) is 66.3 cm³/mol. The molecule has 0 aliphatic rings. The molecule has 2 aromatic rings. The molecule has 1 heterocycles. The highest BCUT2D eigenvalue weighted by atomic mass is 16.5. The van der Waals surface area contributed by atoms with Gasteiger partial charge in [-0.1, -0.05) is 13.0 Å². The summed E-state index contributed by atoms with van der Waals surface area (Å²) in [4.78, 5) is 0. The largest absolute Gasteiger partial charge is 0.496 e. The van der Waals surface area contributed by atoms with Gasteiger partial charge in [0.1, 0.15) is 11.9 Å². The second kappa shape index (κ2) is 5.18. The summed E-state index contributed by atoms with van der Waals surface area (Å²) in [5.41, 5.74) is 1.90. The van der Waals surface area contributed by atoms with E-state index in [0.29, 0.717) is 11.6 Å². The Kier molecular flexibility index (Phi) is 3.62. The van der Waals surface area contributed by atoms with E-state index >= 15 is 0 Å². The summed E-state index contributed by atoms with van der Waals surface area (Å²) >= 11 is 0. The van der Waals surface area contributed by atoms with Crippen LogP contribution in [-0.4, -0.2) is 22.4 Å². The molecular weight excluding hydrogens is 232 g/mol. The average molecular weight is 248 g/mol. The van der Waals surface area contributed by atoms with E-state index in [9.17, 15) is 5.11 Å². The van der Waals surface area contributed by atoms with Crippen LogP contribution in [0.3, 0.4) is 0 Å². The lowest BCUT2D eigenvalue weighted by atomic mass is 10.1. The number of aliphatic hydroxyl groups is 1. The summed E-state index contributed by atoms with van der Waals surface area (Å²) in [5.74, 6) is 1.24. The van der Waals surface area contributed by atoms with E-state index in [2.05, 4.69) is 17.1 Å². The molecule has 0 aliphatic carbocycles. The summed E-state index contributed by atoms with van der Waals surface area (Å²) < 4.78 is 10.7. The van der Waals surface area contributed by atoms with Gasteiger partial charge in [0.05, 0.1) is 12.7 Å². The number of hydrogen-bond acceptors (Lipinski definition) is 5. The molecule has 1 unspecified atom stereocenters. The highest BCUT2D eigenvalue weighted by Crippen LogP contribution is 2.30. The van der Waals surface area contributed by atoms with E-state index in [0.717, 1.165) is 17.5 Å². The van der Waals surface area contributed by atoms with Crippen molar-refractivity contribution < 1.29 is 14.3 Å². The fourth-order valence-electron chi connectivity index (χ4n) is 1.65. The first-order chi connectivity index (χ1) is 8.65. The van der Waals surface area contributed by atoms with Gasteiger partial charge in [-0.15, -0.1) is 10.2 Å². The van der Waals surface area contributed by atoms with E-state index in [1.807, 2.05) is 18.2 Å². The Labute approximate surface area is 105 Å². The number of benzene rings is 1. The monoisotopic (exact) mass is 248 g/mol. The van der Waals surface area contributed by atoms with Gasteiger partial charge in [0.25, 0.3) is 5.89 Å². The van der Waals surface area contributed by atoms with Crippen molar-refractivity contribution in [3.63, 3.8) is 0 Å². The van der Waals surface area contributed by atoms with Crippen molar-refractivity contribution in [3.8, 4) is 17.2 Å². The van der Waals surface area contributed by atoms with E-state index < -0.39 is 6.10 Å². The standard InChI is InChI=1S/C13H16N2O3/c1-4-9-5-6-11(17-3)10(7-9)13-15-14-12(18-13)8(2)16/h5-8,16H,4H2,1-3H3. The average Bonchev–Trinajstić information content (AvgIpc) is 2.87. The molecule has 0 saturated heterocycles. The molecule has 96 valence electrons. The zero-order chi connectivity index (χ0) is 13.1. The first-order valence-corrected chi connectivity index (χ1v) is 5.84. The number of aliphatic hydroxyl groups excluding tert-OH is 1. The fourth-order valence-corrected chi connectivity index (χ4v) is 1.65. The number of hydrogen-bond donors (Lipinski definition) is 1. The maximum atomic E-state index is 9.38. The van der Waals surface area contributed by atoms with Gasteiger partial charge < -0.3 is 14.3 Å². The summed E-state index contributed by atoms with van der Waals surface area (Å²) in [6.07, 6.45) is 0.139. The molecule has 0 radical (unpaired) electrons. The lowest BCUT2D eigenvalue weighted by molar-refractivity contribution is 0.163. The molecule has 0 bridgehead atoms. The van der Waals surface area contributed by atoms with Gasteiger partial charge in [0.2, 0.25) is 5.89 Å². The lowest BCUT2D eigenvalue weighted by Gasteiger charge is -2.06. The molecule has 0 fully saturated rings.